The number of nitrogens with one attached hydrogen (secondary N) is 3. The number of aromatic amines is 1. The molecule has 1 aliphatic rings. The van der Waals surface area contributed by atoms with Crippen LogP contribution in [0.1, 0.15) is 40.3 Å². The molecular formula is C17H21N5O2. The topological polar surface area (TPSA) is 90.1 Å². The number of carbonyl (C=O) groups excluding carboxylic acids is 2. The molecule has 0 unspecified atom stereocenters. The highest BCUT2D eigenvalue weighted by atomic mass is 16.2. The zero-order valence-electron chi connectivity index (χ0n) is 14.0. The van der Waals surface area contributed by atoms with Crippen LogP contribution < -0.4 is 15.5 Å². The van der Waals surface area contributed by atoms with Gasteiger partial charge in [0, 0.05) is 35.6 Å². The van der Waals surface area contributed by atoms with E-state index in [4.69, 9.17) is 0 Å². The van der Waals surface area contributed by atoms with Gasteiger partial charge < -0.3 is 10.6 Å². The predicted octanol–water partition coefficient (Wildman–Crippen LogP) is 2.05. The number of aromatic nitrogens is 2. The van der Waals surface area contributed by atoms with E-state index >= 15 is 0 Å². The summed E-state index contributed by atoms with van der Waals surface area (Å²) in [6.07, 6.45) is 0. The highest BCUT2D eigenvalue weighted by Gasteiger charge is 2.22. The average Bonchev–Trinajstić information content (AvgIpc) is 3.13. The van der Waals surface area contributed by atoms with E-state index in [2.05, 4.69) is 20.8 Å². The van der Waals surface area contributed by atoms with Crippen molar-refractivity contribution in [1.29, 1.82) is 0 Å². The first-order valence-corrected chi connectivity index (χ1v) is 7.95. The first-order chi connectivity index (χ1) is 11.5. The van der Waals surface area contributed by atoms with E-state index in [-0.39, 0.29) is 18.0 Å². The molecule has 1 saturated heterocycles. The number of hydrogen-bond donors (Lipinski definition) is 3. The molecule has 3 amide bonds. The van der Waals surface area contributed by atoms with Gasteiger partial charge in [0.1, 0.15) is 0 Å². The zero-order chi connectivity index (χ0) is 17.3. The highest BCUT2D eigenvalue weighted by molar-refractivity contribution is 5.98. The lowest BCUT2D eigenvalue weighted by Crippen LogP contribution is -2.29. The van der Waals surface area contributed by atoms with Crippen molar-refractivity contribution >= 4 is 17.6 Å². The lowest BCUT2D eigenvalue weighted by Gasteiger charge is -2.17. The summed E-state index contributed by atoms with van der Waals surface area (Å²) in [7, 11) is 0. The van der Waals surface area contributed by atoms with Crippen molar-refractivity contribution in [2.75, 3.05) is 18.0 Å². The van der Waals surface area contributed by atoms with Gasteiger partial charge >= 0.3 is 6.03 Å². The number of H-pyrrole nitrogens is 1. The van der Waals surface area contributed by atoms with Gasteiger partial charge in [0.05, 0.1) is 11.7 Å². The Kier molecular flexibility index (Phi) is 4.24. The molecule has 1 atom stereocenters. The molecule has 126 valence electrons. The number of benzene rings is 1. The van der Waals surface area contributed by atoms with E-state index in [1.807, 2.05) is 26.8 Å². The van der Waals surface area contributed by atoms with Gasteiger partial charge in [-0.25, -0.2) is 4.79 Å². The number of carbonyl (C=O) groups is 2. The van der Waals surface area contributed by atoms with Crippen molar-refractivity contribution in [2.45, 2.75) is 26.8 Å². The molecule has 1 aromatic heterocycles. The van der Waals surface area contributed by atoms with Gasteiger partial charge in [-0.15, -0.1) is 0 Å². The molecule has 3 rings (SSSR count). The Labute approximate surface area is 140 Å². The van der Waals surface area contributed by atoms with Crippen LogP contribution in [-0.4, -0.2) is 35.2 Å². The summed E-state index contributed by atoms with van der Waals surface area (Å²) in [6, 6.07) is 6.81. The summed E-state index contributed by atoms with van der Waals surface area (Å²) in [6.45, 7) is 7.00. The van der Waals surface area contributed by atoms with Crippen molar-refractivity contribution in [2.24, 2.45) is 0 Å². The SMILES string of the molecule is Cc1n[nH]c(C)c1[C@@H](C)NC(=O)c1cccc(N2CCNC2=O)c1. The average molecular weight is 327 g/mol. The molecule has 2 aromatic rings. The summed E-state index contributed by atoms with van der Waals surface area (Å²) in [5, 5.41) is 12.8. The van der Waals surface area contributed by atoms with Crippen molar-refractivity contribution in [3.8, 4) is 0 Å². The predicted molar refractivity (Wildman–Crippen MR) is 91.1 cm³/mol. The molecule has 3 N–H and O–H groups in total. The lowest BCUT2D eigenvalue weighted by atomic mass is 10.1. The maximum Gasteiger partial charge on any atom is 0.321 e. The quantitative estimate of drug-likeness (QED) is 0.803. The van der Waals surface area contributed by atoms with Crippen molar-refractivity contribution in [3.05, 3.63) is 46.8 Å². The Morgan fingerprint density at radius 1 is 1.38 bits per heavy atom. The van der Waals surface area contributed by atoms with E-state index in [9.17, 15) is 9.59 Å². The summed E-state index contributed by atoms with van der Waals surface area (Å²) in [5.74, 6) is -0.177. The number of rotatable bonds is 4. The van der Waals surface area contributed by atoms with Crippen LogP contribution in [0.5, 0.6) is 0 Å². The van der Waals surface area contributed by atoms with Gasteiger partial charge in [-0.3, -0.25) is 14.8 Å². The van der Waals surface area contributed by atoms with Crippen LogP contribution in [0.4, 0.5) is 10.5 Å². The Balaban J connectivity index is 1.77. The minimum Gasteiger partial charge on any atom is -0.345 e. The second-order valence-corrected chi connectivity index (χ2v) is 5.98. The Morgan fingerprint density at radius 2 is 2.17 bits per heavy atom. The second kappa shape index (κ2) is 6.35. The third kappa shape index (κ3) is 2.97. The van der Waals surface area contributed by atoms with Crippen molar-refractivity contribution < 1.29 is 9.59 Å². The summed E-state index contributed by atoms with van der Waals surface area (Å²) in [4.78, 5) is 26.0. The molecular weight excluding hydrogens is 306 g/mol. The number of aryl methyl sites for hydroxylation is 2. The maximum atomic E-state index is 12.6. The Morgan fingerprint density at radius 3 is 2.79 bits per heavy atom. The summed E-state index contributed by atoms with van der Waals surface area (Å²) >= 11 is 0. The van der Waals surface area contributed by atoms with E-state index in [1.165, 1.54) is 0 Å². The molecule has 7 heteroatoms. The molecule has 7 nitrogen and oxygen atoms in total. The second-order valence-electron chi connectivity index (χ2n) is 5.98. The van der Waals surface area contributed by atoms with Crippen LogP contribution in [-0.2, 0) is 0 Å². The molecule has 0 bridgehead atoms. The minimum absolute atomic E-state index is 0.134. The fourth-order valence-electron chi connectivity index (χ4n) is 3.08. The van der Waals surface area contributed by atoms with Gasteiger partial charge in [0.2, 0.25) is 0 Å². The van der Waals surface area contributed by atoms with Crippen LogP contribution in [0.3, 0.4) is 0 Å². The van der Waals surface area contributed by atoms with Crippen LogP contribution >= 0.6 is 0 Å². The molecule has 24 heavy (non-hydrogen) atoms. The summed E-state index contributed by atoms with van der Waals surface area (Å²) < 4.78 is 0. The smallest absolute Gasteiger partial charge is 0.321 e. The van der Waals surface area contributed by atoms with Crippen LogP contribution in [0.25, 0.3) is 0 Å². The van der Waals surface area contributed by atoms with Crippen LogP contribution in [0.15, 0.2) is 24.3 Å². The zero-order valence-corrected chi connectivity index (χ0v) is 14.0. The molecule has 1 aliphatic heterocycles. The number of hydrogen-bond acceptors (Lipinski definition) is 3. The number of nitrogens with zero attached hydrogens (tertiary/aromatic N) is 2. The fourth-order valence-corrected chi connectivity index (χ4v) is 3.08. The Hall–Kier alpha value is -2.83. The standard InChI is InChI=1S/C17H21N5O2/c1-10(15-11(2)20-21-12(15)3)19-16(23)13-5-4-6-14(9-13)22-8-7-18-17(22)24/h4-6,9-10H,7-8H2,1-3H3,(H,18,24)(H,19,23)(H,20,21)/t10-/m1/s1. The molecule has 2 heterocycles. The molecule has 1 fully saturated rings. The number of anilines is 1. The first-order valence-electron chi connectivity index (χ1n) is 7.95. The van der Waals surface area contributed by atoms with Crippen molar-refractivity contribution in [1.82, 2.24) is 20.8 Å². The Bertz CT molecular complexity index is 764. The monoisotopic (exact) mass is 327 g/mol. The lowest BCUT2D eigenvalue weighted by molar-refractivity contribution is 0.0939. The first kappa shape index (κ1) is 16.0. The third-order valence-corrected chi connectivity index (χ3v) is 4.24. The molecule has 1 aromatic carbocycles. The van der Waals surface area contributed by atoms with Gasteiger partial charge in [0.15, 0.2) is 0 Å². The number of amides is 3. The summed E-state index contributed by atoms with van der Waals surface area (Å²) in [5.41, 5.74) is 4.07. The van der Waals surface area contributed by atoms with Crippen LogP contribution in [0, 0.1) is 13.8 Å². The van der Waals surface area contributed by atoms with E-state index in [0.29, 0.717) is 18.7 Å². The van der Waals surface area contributed by atoms with Gasteiger partial charge in [-0.1, -0.05) is 6.07 Å². The van der Waals surface area contributed by atoms with Crippen LogP contribution in [0.2, 0.25) is 0 Å². The molecule has 0 spiro atoms. The van der Waals surface area contributed by atoms with Gasteiger partial charge in [-0.05, 0) is 39.0 Å². The largest absolute Gasteiger partial charge is 0.345 e. The van der Waals surface area contributed by atoms with E-state index in [0.717, 1.165) is 22.6 Å². The minimum atomic E-state index is -0.177. The molecule has 0 saturated carbocycles. The fraction of sp³-hybridized carbons (Fsp3) is 0.353. The van der Waals surface area contributed by atoms with Gasteiger partial charge in [0.25, 0.3) is 5.91 Å². The number of urea groups is 1. The maximum absolute atomic E-state index is 12.6. The highest BCUT2D eigenvalue weighted by Crippen LogP contribution is 2.21. The van der Waals surface area contributed by atoms with Crippen molar-refractivity contribution in [3.63, 3.8) is 0 Å². The normalized spacial score (nSPS) is 15.3. The molecule has 0 radical (unpaired) electrons. The van der Waals surface area contributed by atoms with E-state index < -0.39 is 0 Å². The third-order valence-electron chi connectivity index (χ3n) is 4.24. The van der Waals surface area contributed by atoms with E-state index in [1.54, 1.807) is 23.1 Å². The molecule has 0 aliphatic carbocycles. The van der Waals surface area contributed by atoms with Gasteiger partial charge in [-0.2, -0.15) is 5.10 Å².